The molecule has 0 aliphatic carbocycles. The number of amides is 3. The van der Waals surface area contributed by atoms with Crippen molar-refractivity contribution in [2.24, 2.45) is 0 Å². The van der Waals surface area contributed by atoms with Gasteiger partial charge >= 0.3 is 0 Å². The fourth-order valence-electron chi connectivity index (χ4n) is 3.64. The maximum atomic E-state index is 13.3. The second kappa shape index (κ2) is 9.71. The number of halogens is 1. The number of benzene rings is 3. The van der Waals surface area contributed by atoms with Crippen molar-refractivity contribution >= 4 is 46.3 Å². The summed E-state index contributed by atoms with van der Waals surface area (Å²) in [7, 11) is 0. The molecule has 0 saturated carbocycles. The number of nitrogens with one attached hydrogen (secondary N) is 2. The molecule has 33 heavy (non-hydrogen) atoms. The zero-order valence-corrected chi connectivity index (χ0v) is 18.7. The van der Waals surface area contributed by atoms with Gasteiger partial charge in [0.15, 0.2) is 0 Å². The Morgan fingerprint density at radius 2 is 1.48 bits per heavy atom. The van der Waals surface area contributed by atoms with Crippen LogP contribution in [0.4, 0.5) is 11.4 Å². The topological polar surface area (TPSA) is 78.5 Å². The molecule has 1 aliphatic heterocycles. The molecule has 0 aromatic heterocycles. The number of carbonyl (C=O) groups is 3. The molecule has 1 heterocycles. The number of nitrogens with zero attached hydrogens (tertiary/aromatic N) is 1. The smallest absolute Gasteiger partial charge is 0.278 e. The Morgan fingerprint density at radius 1 is 0.848 bits per heavy atom. The third-order valence-electron chi connectivity index (χ3n) is 5.24. The standard InChI is InChI=1S/C26H22ClN3O3/c1-17(31)28-21-11-13-22(14-12-21)29-24-23(19-5-3-2-4-6-19)25(32)30(26(24)33)16-15-18-7-9-20(27)10-8-18/h2-14,29H,15-16H2,1H3,(H,28,31). The van der Waals surface area contributed by atoms with E-state index in [1.54, 1.807) is 36.4 Å². The van der Waals surface area contributed by atoms with Gasteiger partial charge in [0.25, 0.3) is 11.8 Å². The van der Waals surface area contributed by atoms with Gasteiger partial charge < -0.3 is 10.6 Å². The molecule has 3 aromatic rings. The van der Waals surface area contributed by atoms with Gasteiger partial charge in [0.1, 0.15) is 5.70 Å². The average molecular weight is 460 g/mol. The quantitative estimate of drug-likeness (QED) is 0.500. The first-order chi connectivity index (χ1) is 15.9. The largest absolute Gasteiger partial charge is 0.350 e. The monoisotopic (exact) mass is 459 g/mol. The Hall–Kier alpha value is -3.90. The summed E-state index contributed by atoms with van der Waals surface area (Å²) < 4.78 is 0. The summed E-state index contributed by atoms with van der Waals surface area (Å²) >= 11 is 5.95. The highest BCUT2D eigenvalue weighted by atomic mass is 35.5. The number of imide groups is 1. The predicted molar refractivity (Wildman–Crippen MR) is 130 cm³/mol. The maximum Gasteiger partial charge on any atom is 0.278 e. The molecule has 0 fully saturated rings. The normalized spacial score (nSPS) is 13.5. The number of hydrogen-bond donors (Lipinski definition) is 2. The molecule has 6 nitrogen and oxygen atoms in total. The number of anilines is 2. The Morgan fingerprint density at radius 3 is 2.12 bits per heavy atom. The summed E-state index contributed by atoms with van der Waals surface area (Å²) in [5.74, 6) is -0.881. The first-order valence-electron chi connectivity index (χ1n) is 10.5. The lowest BCUT2D eigenvalue weighted by molar-refractivity contribution is -0.136. The van der Waals surface area contributed by atoms with Crippen LogP contribution < -0.4 is 10.6 Å². The van der Waals surface area contributed by atoms with Crippen LogP contribution in [-0.2, 0) is 20.8 Å². The van der Waals surface area contributed by atoms with Crippen molar-refractivity contribution in [3.8, 4) is 0 Å². The van der Waals surface area contributed by atoms with Gasteiger partial charge in [0, 0.05) is 29.9 Å². The van der Waals surface area contributed by atoms with Crippen molar-refractivity contribution in [2.75, 3.05) is 17.2 Å². The summed E-state index contributed by atoms with van der Waals surface area (Å²) in [5, 5.41) is 6.46. The third kappa shape index (κ3) is 5.13. The van der Waals surface area contributed by atoms with Crippen molar-refractivity contribution in [1.82, 2.24) is 4.90 Å². The molecule has 3 aromatic carbocycles. The van der Waals surface area contributed by atoms with E-state index in [1.165, 1.54) is 11.8 Å². The van der Waals surface area contributed by atoms with E-state index in [4.69, 9.17) is 11.6 Å². The van der Waals surface area contributed by atoms with Crippen LogP contribution in [0.3, 0.4) is 0 Å². The predicted octanol–water partition coefficient (Wildman–Crippen LogP) is 4.73. The van der Waals surface area contributed by atoms with Gasteiger partial charge in [-0.05, 0) is 53.9 Å². The summed E-state index contributed by atoms with van der Waals surface area (Å²) in [4.78, 5) is 39.1. The fourth-order valence-corrected chi connectivity index (χ4v) is 3.77. The fraction of sp³-hybridized carbons (Fsp3) is 0.115. The molecule has 0 saturated heterocycles. The van der Waals surface area contributed by atoms with Gasteiger partial charge in [-0.2, -0.15) is 0 Å². The van der Waals surface area contributed by atoms with E-state index >= 15 is 0 Å². The zero-order valence-electron chi connectivity index (χ0n) is 18.0. The molecular weight excluding hydrogens is 438 g/mol. The molecule has 0 bridgehead atoms. The van der Waals surface area contributed by atoms with Crippen molar-refractivity contribution in [3.63, 3.8) is 0 Å². The summed E-state index contributed by atoms with van der Waals surface area (Å²) in [6, 6.07) is 23.4. The number of rotatable bonds is 7. The minimum absolute atomic E-state index is 0.169. The Labute approximate surface area is 196 Å². The van der Waals surface area contributed by atoms with Crippen LogP contribution in [0.5, 0.6) is 0 Å². The first kappa shape index (κ1) is 22.3. The van der Waals surface area contributed by atoms with E-state index in [0.717, 1.165) is 5.56 Å². The van der Waals surface area contributed by atoms with Crippen molar-refractivity contribution in [3.05, 3.63) is 101 Å². The molecule has 2 N–H and O–H groups in total. The molecule has 1 aliphatic rings. The molecule has 0 radical (unpaired) electrons. The van der Waals surface area contributed by atoms with E-state index in [-0.39, 0.29) is 30.0 Å². The average Bonchev–Trinajstić information content (AvgIpc) is 3.04. The van der Waals surface area contributed by atoms with Gasteiger partial charge in [-0.25, -0.2) is 0 Å². The Bertz CT molecular complexity index is 1220. The lowest BCUT2D eigenvalue weighted by atomic mass is 10.0. The van der Waals surface area contributed by atoms with Gasteiger partial charge in [-0.3, -0.25) is 19.3 Å². The zero-order chi connectivity index (χ0) is 23.4. The highest BCUT2D eigenvalue weighted by Crippen LogP contribution is 2.31. The van der Waals surface area contributed by atoms with Gasteiger partial charge in [0.05, 0.1) is 5.57 Å². The van der Waals surface area contributed by atoms with E-state index in [9.17, 15) is 14.4 Å². The first-order valence-corrected chi connectivity index (χ1v) is 10.8. The maximum absolute atomic E-state index is 13.3. The van der Waals surface area contributed by atoms with E-state index < -0.39 is 0 Å². The highest BCUT2D eigenvalue weighted by Gasteiger charge is 2.38. The summed E-state index contributed by atoms with van der Waals surface area (Å²) in [6.45, 7) is 1.69. The minimum atomic E-state index is -0.376. The second-order valence-corrected chi connectivity index (χ2v) is 8.07. The van der Waals surface area contributed by atoms with E-state index in [1.807, 2.05) is 42.5 Å². The number of hydrogen-bond acceptors (Lipinski definition) is 4. The van der Waals surface area contributed by atoms with E-state index in [2.05, 4.69) is 10.6 Å². The lowest BCUT2D eigenvalue weighted by Crippen LogP contribution is -2.34. The van der Waals surface area contributed by atoms with Gasteiger partial charge in [-0.15, -0.1) is 0 Å². The molecule has 0 spiro atoms. The summed E-state index contributed by atoms with van der Waals surface area (Å²) in [6.07, 6.45) is 0.523. The molecular formula is C26H22ClN3O3. The molecule has 7 heteroatoms. The molecule has 0 unspecified atom stereocenters. The van der Waals surface area contributed by atoms with Crippen molar-refractivity contribution in [1.29, 1.82) is 0 Å². The highest BCUT2D eigenvalue weighted by molar-refractivity contribution is 6.36. The Kier molecular flexibility index (Phi) is 6.56. The molecule has 3 amide bonds. The van der Waals surface area contributed by atoms with Crippen LogP contribution in [0.2, 0.25) is 5.02 Å². The van der Waals surface area contributed by atoms with Crippen LogP contribution in [-0.4, -0.2) is 29.2 Å². The van der Waals surface area contributed by atoms with Crippen LogP contribution in [0.15, 0.2) is 84.6 Å². The van der Waals surface area contributed by atoms with Crippen LogP contribution >= 0.6 is 11.6 Å². The van der Waals surface area contributed by atoms with Gasteiger partial charge in [-0.1, -0.05) is 54.1 Å². The van der Waals surface area contributed by atoms with Crippen molar-refractivity contribution < 1.29 is 14.4 Å². The lowest BCUT2D eigenvalue weighted by Gasteiger charge is -2.15. The minimum Gasteiger partial charge on any atom is -0.350 e. The molecule has 0 atom stereocenters. The second-order valence-electron chi connectivity index (χ2n) is 7.64. The van der Waals surface area contributed by atoms with Crippen molar-refractivity contribution in [2.45, 2.75) is 13.3 Å². The van der Waals surface area contributed by atoms with Gasteiger partial charge in [0.2, 0.25) is 5.91 Å². The van der Waals surface area contributed by atoms with E-state index in [0.29, 0.717) is 34.0 Å². The number of carbonyl (C=O) groups excluding carboxylic acids is 3. The van der Waals surface area contributed by atoms with Crippen LogP contribution in [0.1, 0.15) is 18.1 Å². The third-order valence-corrected chi connectivity index (χ3v) is 5.49. The molecule has 166 valence electrons. The molecule has 4 rings (SSSR count). The SMILES string of the molecule is CC(=O)Nc1ccc(NC2=C(c3ccccc3)C(=O)N(CCc3ccc(Cl)cc3)C2=O)cc1. The van der Waals surface area contributed by atoms with Crippen LogP contribution in [0.25, 0.3) is 5.57 Å². The Balaban J connectivity index is 1.60. The van der Waals surface area contributed by atoms with Crippen LogP contribution in [0, 0.1) is 0 Å². The summed E-state index contributed by atoms with van der Waals surface area (Å²) in [5.41, 5.74) is 3.49.